The van der Waals surface area contributed by atoms with Gasteiger partial charge in [0.05, 0.1) is 0 Å². The van der Waals surface area contributed by atoms with Crippen LogP contribution in [0.25, 0.3) is 0 Å². The van der Waals surface area contributed by atoms with Gasteiger partial charge in [-0.2, -0.15) is 0 Å². The summed E-state index contributed by atoms with van der Waals surface area (Å²) in [4.78, 5) is 21.1. The van der Waals surface area contributed by atoms with E-state index in [1.165, 1.54) is 0 Å². The molecule has 16 heavy (non-hydrogen) atoms. The summed E-state index contributed by atoms with van der Waals surface area (Å²) in [6, 6.07) is -0.849. The van der Waals surface area contributed by atoms with E-state index in [4.69, 9.17) is 10.2 Å². The Labute approximate surface area is 94.5 Å². The highest BCUT2D eigenvalue weighted by Gasteiger charge is 2.18. The molecule has 3 N–H and O–H groups in total. The molecule has 0 aliphatic rings. The lowest BCUT2D eigenvalue weighted by Crippen LogP contribution is -2.39. The number of carboxylic acid groups (broad SMARTS) is 2. The van der Waals surface area contributed by atoms with Gasteiger partial charge >= 0.3 is 11.9 Å². The summed E-state index contributed by atoms with van der Waals surface area (Å²) in [5.41, 5.74) is 0. The minimum Gasteiger partial charge on any atom is -0.481 e. The second-order valence-corrected chi connectivity index (χ2v) is 3.37. The predicted octanol–water partition coefficient (Wildman–Crippen LogP) is 0.882. The van der Waals surface area contributed by atoms with E-state index in [1.54, 1.807) is 12.2 Å². The van der Waals surface area contributed by atoms with Gasteiger partial charge in [-0.3, -0.25) is 9.59 Å². The maximum atomic E-state index is 10.8. The topological polar surface area (TPSA) is 86.6 Å². The smallest absolute Gasteiger partial charge is 0.320 e. The Morgan fingerprint density at radius 1 is 1.25 bits per heavy atom. The minimum atomic E-state index is -1.05. The summed E-state index contributed by atoms with van der Waals surface area (Å²) in [5.74, 6) is -2.07. The lowest BCUT2D eigenvalue weighted by atomic mass is 10.1. The molecule has 5 nitrogen and oxygen atoms in total. The Morgan fingerprint density at radius 3 is 2.19 bits per heavy atom. The quantitative estimate of drug-likeness (QED) is 0.509. The Balaban J connectivity index is 4.12. The van der Waals surface area contributed by atoms with E-state index >= 15 is 0 Å². The fraction of sp³-hybridized carbons (Fsp3) is 0.455. The molecule has 0 aromatic heterocycles. The van der Waals surface area contributed by atoms with Crippen molar-refractivity contribution in [1.29, 1.82) is 0 Å². The van der Waals surface area contributed by atoms with E-state index in [9.17, 15) is 9.59 Å². The summed E-state index contributed by atoms with van der Waals surface area (Å²) in [5, 5.41) is 20.1. The normalized spacial score (nSPS) is 12.1. The van der Waals surface area contributed by atoms with E-state index in [0.29, 0.717) is 6.54 Å². The van der Waals surface area contributed by atoms with Crippen molar-refractivity contribution < 1.29 is 19.8 Å². The molecule has 0 aliphatic heterocycles. The molecule has 0 saturated carbocycles. The van der Waals surface area contributed by atoms with Crippen molar-refractivity contribution in [1.82, 2.24) is 5.32 Å². The van der Waals surface area contributed by atoms with Crippen LogP contribution in [0.1, 0.15) is 12.8 Å². The lowest BCUT2D eigenvalue weighted by molar-refractivity contribution is -0.140. The highest BCUT2D eigenvalue weighted by molar-refractivity contribution is 5.75. The fourth-order valence-electron chi connectivity index (χ4n) is 1.12. The zero-order chi connectivity index (χ0) is 12.6. The van der Waals surface area contributed by atoms with Crippen molar-refractivity contribution in [3.8, 4) is 0 Å². The van der Waals surface area contributed by atoms with Crippen molar-refractivity contribution in [3.63, 3.8) is 0 Å². The number of carbonyl (C=O) groups is 2. The van der Waals surface area contributed by atoms with Crippen LogP contribution in [0.15, 0.2) is 25.3 Å². The van der Waals surface area contributed by atoms with Gasteiger partial charge in [0, 0.05) is 18.9 Å². The van der Waals surface area contributed by atoms with Crippen LogP contribution in [0.4, 0.5) is 0 Å². The van der Waals surface area contributed by atoms with E-state index in [1.807, 2.05) is 0 Å². The van der Waals surface area contributed by atoms with E-state index in [2.05, 4.69) is 18.5 Å². The first-order chi connectivity index (χ1) is 7.51. The van der Waals surface area contributed by atoms with Crippen molar-refractivity contribution in [3.05, 3.63) is 25.3 Å². The third kappa shape index (κ3) is 5.98. The molecule has 0 aliphatic carbocycles. The summed E-state index contributed by atoms with van der Waals surface area (Å²) >= 11 is 0. The molecule has 0 saturated heterocycles. The third-order valence-corrected chi connectivity index (χ3v) is 2.15. The number of rotatable bonds is 9. The number of nitrogens with one attached hydrogen (secondary N) is 1. The molecule has 0 bridgehead atoms. The zero-order valence-corrected chi connectivity index (χ0v) is 9.06. The second-order valence-electron chi connectivity index (χ2n) is 3.37. The van der Waals surface area contributed by atoms with Gasteiger partial charge in [0.1, 0.15) is 6.04 Å². The molecule has 5 heteroatoms. The minimum absolute atomic E-state index is 0.0216. The van der Waals surface area contributed by atoms with Crippen LogP contribution < -0.4 is 5.32 Å². The van der Waals surface area contributed by atoms with Gasteiger partial charge in [-0.25, -0.2) is 0 Å². The van der Waals surface area contributed by atoms with E-state index in [-0.39, 0.29) is 18.8 Å². The van der Waals surface area contributed by atoms with Crippen LogP contribution in [-0.2, 0) is 9.59 Å². The third-order valence-electron chi connectivity index (χ3n) is 2.15. The van der Waals surface area contributed by atoms with Crippen LogP contribution in [-0.4, -0.2) is 34.7 Å². The molecule has 0 amide bonds. The molecule has 90 valence electrons. The highest BCUT2D eigenvalue weighted by atomic mass is 16.4. The first-order valence-corrected chi connectivity index (χ1v) is 4.94. The van der Waals surface area contributed by atoms with E-state index in [0.717, 1.165) is 0 Å². The van der Waals surface area contributed by atoms with Gasteiger partial charge < -0.3 is 15.5 Å². The summed E-state index contributed by atoms with van der Waals surface area (Å²) < 4.78 is 0. The summed E-state index contributed by atoms with van der Waals surface area (Å²) in [6.45, 7) is 7.54. The van der Waals surface area contributed by atoms with Gasteiger partial charge in [-0.1, -0.05) is 12.2 Å². The molecule has 0 aromatic rings. The van der Waals surface area contributed by atoms with Crippen molar-refractivity contribution in [2.24, 2.45) is 5.92 Å². The van der Waals surface area contributed by atoms with Crippen LogP contribution >= 0.6 is 0 Å². The van der Waals surface area contributed by atoms with Crippen molar-refractivity contribution >= 4 is 11.9 Å². The molecule has 0 radical (unpaired) electrons. The molecule has 0 unspecified atom stereocenters. The first kappa shape index (κ1) is 14.4. The average Bonchev–Trinajstić information content (AvgIpc) is 2.22. The molecule has 0 heterocycles. The molecular weight excluding hydrogens is 210 g/mol. The molecule has 0 rings (SSSR count). The number of carboxylic acids is 2. The SMILES string of the molecule is C=CC(C=C)CN[C@@H](CCC(=O)O)C(=O)O. The highest BCUT2D eigenvalue weighted by Crippen LogP contribution is 2.01. The summed E-state index contributed by atoms with van der Waals surface area (Å²) in [6.07, 6.45) is 3.19. The Kier molecular flexibility index (Phi) is 6.87. The Bertz CT molecular complexity index is 267. The maximum absolute atomic E-state index is 10.8. The Morgan fingerprint density at radius 2 is 1.81 bits per heavy atom. The van der Waals surface area contributed by atoms with Gasteiger partial charge in [0.25, 0.3) is 0 Å². The van der Waals surface area contributed by atoms with Crippen molar-refractivity contribution in [2.45, 2.75) is 18.9 Å². The number of hydrogen-bond donors (Lipinski definition) is 3. The molecule has 0 fully saturated rings. The molecule has 1 atom stereocenters. The van der Waals surface area contributed by atoms with Crippen molar-refractivity contribution in [2.75, 3.05) is 6.54 Å². The van der Waals surface area contributed by atoms with E-state index < -0.39 is 18.0 Å². The van der Waals surface area contributed by atoms with Gasteiger partial charge in [0.15, 0.2) is 0 Å². The molecular formula is C11H17NO4. The van der Waals surface area contributed by atoms with Gasteiger partial charge in [-0.15, -0.1) is 13.2 Å². The van der Waals surface area contributed by atoms with Gasteiger partial charge in [0.2, 0.25) is 0 Å². The summed E-state index contributed by atoms with van der Waals surface area (Å²) in [7, 11) is 0. The zero-order valence-electron chi connectivity index (χ0n) is 9.06. The second kappa shape index (κ2) is 7.64. The predicted molar refractivity (Wildman–Crippen MR) is 60.2 cm³/mol. The van der Waals surface area contributed by atoms with Crippen LogP contribution in [0.3, 0.4) is 0 Å². The molecule has 0 aromatic carbocycles. The van der Waals surface area contributed by atoms with Gasteiger partial charge in [-0.05, 0) is 6.42 Å². The monoisotopic (exact) mass is 227 g/mol. The number of aliphatic carboxylic acids is 2. The first-order valence-electron chi connectivity index (χ1n) is 4.94. The van der Waals surface area contributed by atoms with Crippen LogP contribution in [0.2, 0.25) is 0 Å². The van der Waals surface area contributed by atoms with Crippen LogP contribution in [0, 0.1) is 5.92 Å². The average molecular weight is 227 g/mol. The lowest BCUT2D eigenvalue weighted by Gasteiger charge is -2.15. The maximum Gasteiger partial charge on any atom is 0.320 e. The standard InChI is InChI=1S/C11H17NO4/c1-3-8(4-2)7-12-9(11(15)16)5-6-10(13)14/h3-4,8-9,12H,1-2,5-7H2,(H,13,14)(H,15,16)/t9-/m0/s1. The van der Waals surface area contributed by atoms with Crippen LogP contribution in [0.5, 0.6) is 0 Å². The largest absolute Gasteiger partial charge is 0.481 e. The number of hydrogen-bond acceptors (Lipinski definition) is 3. The Hall–Kier alpha value is -1.62. The fourth-order valence-corrected chi connectivity index (χ4v) is 1.12. The molecule has 0 spiro atoms.